The van der Waals surface area contributed by atoms with Gasteiger partial charge < -0.3 is 161 Å². The summed E-state index contributed by atoms with van der Waals surface area (Å²) in [6, 6.07) is -6.58. The third kappa shape index (κ3) is 61.9. The van der Waals surface area contributed by atoms with Gasteiger partial charge in [-0.25, -0.2) is 4.79 Å². The summed E-state index contributed by atoms with van der Waals surface area (Å²) < 4.78 is 134. The predicted octanol–water partition coefficient (Wildman–Crippen LogP) is 0.809. The summed E-state index contributed by atoms with van der Waals surface area (Å²) >= 11 is 0. The van der Waals surface area contributed by atoms with Gasteiger partial charge in [0.25, 0.3) is 0 Å². The first kappa shape index (κ1) is 129. The molecule has 3 saturated heterocycles. The van der Waals surface area contributed by atoms with E-state index in [-0.39, 0.29) is 228 Å². The van der Waals surface area contributed by atoms with E-state index in [0.717, 1.165) is 67.2 Å². The molecule has 3 aliphatic rings. The van der Waals surface area contributed by atoms with Gasteiger partial charge in [0.05, 0.1) is 119 Å². The number of ether oxygens (including phenoxy) is 24. The lowest BCUT2D eigenvalue weighted by Crippen LogP contribution is -2.66. The van der Waals surface area contributed by atoms with Crippen LogP contribution >= 0.6 is 0 Å². The smallest absolute Gasteiger partial charge is 0.326 e. The molecule has 17 atom stereocenters. The highest BCUT2D eigenvalue weighted by Crippen LogP contribution is 2.32. The molecule has 10 N–H and O–H groups in total. The second kappa shape index (κ2) is 78.2. The maximum absolute atomic E-state index is 14.6. The van der Waals surface area contributed by atoms with Crippen molar-refractivity contribution in [2.24, 2.45) is 0 Å². The van der Waals surface area contributed by atoms with Crippen LogP contribution in [0.15, 0.2) is 0 Å². The lowest BCUT2D eigenvalue weighted by atomic mass is 9.96. The van der Waals surface area contributed by atoms with E-state index in [1.165, 1.54) is 66.7 Å². The van der Waals surface area contributed by atoms with Crippen molar-refractivity contribution in [3.63, 3.8) is 0 Å². The molecule has 3 fully saturated rings. The highest BCUT2D eigenvalue weighted by molar-refractivity contribution is 5.93. The largest absolute Gasteiger partial charge is 0.480 e. The van der Waals surface area contributed by atoms with Crippen LogP contribution in [0, 0.1) is 5.41 Å². The van der Waals surface area contributed by atoms with Gasteiger partial charge in [0.1, 0.15) is 94.3 Å². The van der Waals surface area contributed by atoms with E-state index in [0.29, 0.717) is 12.8 Å². The van der Waals surface area contributed by atoms with Crippen molar-refractivity contribution in [1.29, 1.82) is 5.41 Å². The van der Waals surface area contributed by atoms with Crippen LogP contribution in [0.1, 0.15) is 212 Å². The molecule has 0 aliphatic carbocycles. The van der Waals surface area contributed by atoms with Crippen LogP contribution in [-0.4, -0.2) is 394 Å². The molecule has 3 rings (SSSR count). The summed E-state index contributed by atoms with van der Waals surface area (Å²) in [6.07, 6.45) is -2.34. The second-order valence-corrected chi connectivity index (χ2v) is 34.0. The molecule has 17 unspecified atom stereocenters. The zero-order valence-corrected chi connectivity index (χ0v) is 85.7. The van der Waals surface area contributed by atoms with Crippen LogP contribution in [0.2, 0.25) is 0 Å². The molecule has 0 aromatic carbocycles. The van der Waals surface area contributed by atoms with Crippen molar-refractivity contribution in [3.05, 3.63) is 0 Å². The lowest BCUT2D eigenvalue weighted by molar-refractivity contribution is -0.279. The summed E-state index contributed by atoms with van der Waals surface area (Å²) in [5.41, 5.74) is 0. The SMILES string of the molecule is CCCCCCCCCCCC(=O)NCCCCC(NC(=O)C(CCCCNC(=O)COCCOCCOCCOC1CC(OC(C)=N)C(OC(C)=O)C(COC(C)=O)O1)NC(=O)C(CCCCNC(=O)COCCOCCOCCOC1OC(COC(C)=O)C(OC(C)=O)C(OC(C)=O)C1NC(C)=O)NC(=O)COCCOCCOCCOC1OC(COC(C)=O)C(OC(C)=O)C(OC(C)=O)C1NC(C)=O)C(=O)O. The number of carbonyl (C=O) groups is 17. The van der Waals surface area contributed by atoms with Crippen molar-refractivity contribution in [3.8, 4) is 0 Å². The van der Waals surface area contributed by atoms with Crippen LogP contribution in [0.4, 0.5) is 0 Å². The van der Waals surface area contributed by atoms with Gasteiger partial charge >= 0.3 is 53.7 Å². The number of nitrogens with one attached hydrogen (secondary N) is 9. The Morgan fingerprint density at radius 2 is 0.641 bits per heavy atom. The first-order chi connectivity index (χ1) is 69.4. The van der Waals surface area contributed by atoms with E-state index in [1.54, 1.807) is 0 Å². The Balaban J connectivity index is 1.67. The number of unbranched alkanes of at least 4 members (excludes halogenated alkanes) is 11. The molecule has 0 aromatic rings. The van der Waals surface area contributed by atoms with Crippen molar-refractivity contribution >= 4 is 107 Å². The van der Waals surface area contributed by atoms with Gasteiger partial charge in [0.15, 0.2) is 55.3 Å². The topological polar surface area (TPSA) is 652 Å². The molecule has 0 bridgehead atoms. The van der Waals surface area contributed by atoms with Crippen molar-refractivity contribution in [2.45, 2.75) is 316 Å². The monoisotopic (exact) mass is 2080 g/mol. The minimum atomic E-state index is -1.44. The molecular formula is C94H157N9O42. The Hall–Kier alpha value is -10.1. The van der Waals surface area contributed by atoms with Crippen LogP contribution in [0.3, 0.4) is 0 Å². The maximum atomic E-state index is 14.6. The van der Waals surface area contributed by atoms with E-state index in [2.05, 4.69) is 49.5 Å². The van der Waals surface area contributed by atoms with Crippen LogP contribution < -0.4 is 42.5 Å². The van der Waals surface area contributed by atoms with E-state index < -0.39 is 219 Å². The number of hydrogen-bond acceptors (Lipinski definition) is 42. The standard InChI is InChI=1S/C94H157N9O42/c1-13-14-15-16-17-18-19-20-21-31-78(114)96-32-27-24-30-73(92(120)121)103-91(119)72(29-23-26-34-98-80(116)58-128-44-41-122-35-38-125-47-50-131-82-53-74(137-60(2)95)85(138-66(8)109)75(143-82)54-134-63(5)106)102-90(118)71(101-81(117)59-130-46-43-124-37-40-127-49-52-133-94-84(100-62(4)105)89(142-70(12)113)87(140-68(10)111)77(145-94)56-136-65(7)108)28-22-25-33-97-79(115)57-129-45-42-123-36-39-126-48-51-132-93-83(99-61(3)104)88(141-69(11)112)86(139-67(9)110)76(144-93)55-135-64(6)107/h71-77,82-89,93-95H,13-59H2,1-12H3,(H,96,114)(H,97,115)(H,98,116)(H,99,104)(H,100,105)(H,101,117)(H,102,118)(H,103,119)(H,120,121). The molecule has 51 heteroatoms. The molecule has 0 saturated carbocycles. The summed E-state index contributed by atoms with van der Waals surface area (Å²) in [4.78, 5) is 215. The Labute approximate surface area is 845 Å². The van der Waals surface area contributed by atoms with Gasteiger partial charge in [0.2, 0.25) is 47.3 Å². The zero-order chi connectivity index (χ0) is 107. The molecule has 3 heterocycles. The van der Waals surface area contributed by atoms with Crippen molar-refractivity contribution < 1.29 is 200 Å². The predicted molar refractivity (Wildman–Crippen MR) is 503 cm³/mol. The van der Waals surface area contributed by atoms with Gasteiger partial charge in [-0.15, -0.1) is 0 Å². The fraction of sp³-hybridized carbons (Fsp3) is 0.809. The van der Waals surface area contributed by atoms with Gasteiger partial charge in [-0.2, -0.15) is 0 Å². The summed E-state index contributed by atoms with van der Waals surface area (Å²) in [5.74, 6) is -11.9. The first-order valence-electron chi connectivity index (χ1n) is 49.3. The number of rotatable bonds is 81. The van der Waals surface area contributed by atoms with Gasteiger partial charge in [-0.05, 0) is 64.2 Å². The summed E-state index contributed by atoms with van der Waals surface area (Å²) in [7, 11) is 0. The van der Waals surface area contributed by atoms with Gasteiger partial charge in [0, 0.05) is 109 Å². The average Bonchev–Trinajstić information content (AvgIpc) is 0.789. The lowest BCUT2D eigenvalue weighted by Gasteiger charge is -2.44. The number of carbonyl (C=O) groups excluding carboxylic acids is 16. The van der Waals surface area contributed by atoms with Gasteiger partial charge in [-0.1, -0.05) is 58.3 Å². The first-order valence-corrected chi connectivity index (χ1v) is 49.3. The molecule has 0 spiro atoms. The maximum Gasteiger partial charge on any atom is 0.326 e. The number of amides is 8. The fourth-order valence-electron chi connectivity index (χ4n) is 14.8. The Bertz CT molecular complexity index is 3860. The Morgan fingerprint density at radius 1 is 0.324 bits per heavy atom. The zero-order valence-electron chi connectivity index (χ0n) is 85.7. The Morgan fingerprint density at radius 3 is 1.01 bits per heavy atom. The van der Waals surface area contributed by atoms with E-state index in [4.69, 9.17) is 119 Å². The molecular weight excluding hydrogens is 1930 g/mol. The molecule has 145 heavy (non-hydrogen) atoms. The summed E-state index contributed by atoms with van der Waals surface area (Å²) in [5, 5.41) is 39.8. The third-order valence-corrected chi connectivity index (χ3v) is 21.3. The number of carboxylic acids is 1. The van der Waals surface area contributed by atoms with Gasteiger partial charge in [-0.3, -0.25) is 82.1 Å². The molecule has 3 aliphatic heterocycles. The highest BCUT2D eigenvalue weighted by Gasteiger charge is 2.54. The minimum Gasteiger partial charge on any atom is -0.480 e. The molecule has 0 radical (unpaired) electrons. The quantitative estimate of drug-likeness (QED) is 0.0132. The third-order valence-electron chi connectivity index (χ3n) is 21.3. The van der Waals surface area contributed by atoms with Crippen molar-refractivity contribution in [2.75, 3.05) is 178 Å². The molecule has 0 aromatic heterocycles. The molecule has 830 valence electrons. The van der Waals surface area contributed by atoms with Crippen LogP contribution in [-0.2, 0) is 195 Å². The van der Waals surface area contributed by atoms with E-state index >= 15 is 0 Å². The number of esters is 8. The normalized spacial score (nSPS) is 20.7. The number of carboxylic acid groups (broad SMARTS) is 1. The Kier molecular flexibility index (Phi) is 69.6. The van der Waals surface area contributed by atoms with Crippen molar-refractivity contribution in [1.82, 2.24) is 42.5 Å². The number of aliphatic carboxylic acids is 1. The van der Waals surface area contributed by atoms with E-state index in [9.17, 15) is 86.6 Å². The molecule has 8 amide bonds. The average molecular weight is 2090 g/mol. The summed E-state index contributed by atoms with van der Waals surface area (Å²) in [6.45, 7) is 13.5. The molecule has 51 nitrogen and oxygen atoms in total. The highest BCUT2D eigenvalue weighted by atomic mass is 16.7. The number of hydrogen-bond donors (Lipinski definition) is 10. The van der Waals surface area contributed by atoms with Crippen LogP contribution in [0.5, 0.6) is 0 Å². The fourth-order valence-corrected chi connectivity index (χ4v) is 14.8. The van der Waals surface area contributed by atoms with E-state index in [1.807, 2.05) is 0 Å². The second-order valence-electron chi connectivity index (χ2n) is 34.0. The van der Waals surface area contributed by atoms with Crippen LogP contribution in [0.25, 0.3) is 0 Å². The minimum absolute atomic E-state index is 0.00451.